The number of amides is 1. The van der Waals surface area contributed by atoms with Crippen LogP contribution >= 0.6 is 11.8 Å². The second-order valence-electron chi connectivity index (χ2n) is 6.37. The van der Waals surface area contributed by atoms with Crippen molar-refractivity contribution in [2.75, 3.05) is 32.1 Å². The van der Waals surface area contributed by atoms with Crippen LogP contribution in [0.25, 0.3) is 0 Å². The van der Waals surface area contributed by atoms with Crippen LogP contribution in [0.3, 0.4) is 0 Å². The van der Waals surface area contributed by atoms with Gasteiger partial charge in [-0.3, -0.25) is 19.8 Å². The van der Waals surface area contributed by atoms with Gasteiger partial charge < -0.3 is 9.88 Å². The molecular formula is C16H22F2N4O2S. The predicted octanol–water partition coefficient (Wildman–Crippen LogP) is 1.02. The lowest BCUT2D eigenvalue weighted by Crippen LogP contribution is -2.41. The fourth-order valence-corrected chi connectivity index (χ4v) is 4.94. The van der Waals surface area contributed by atoms with Gasteiger partial charge in [0, 0.05) is 30.6 Å². The van der Waals surface area contributed by atoms with Crippen LogP contribution in [0, 0.1) is 5.82 Å². The molecule has 3 rings (SSSR count). The Hall–Kier alpha value is -1.45. The highest BCUT2D eigenvalue weighted by molar-refractivity contribution is 8.01. The zero-order valence-electron chi connectivity index (χ0n) is 14.0. The van der Waals surface area contributed by atoms with Crippen molar-refractivity contribution in [2.24, 2.45) is 0 Å². The molecule has 2 N–H and O–H groups in total. The molecule has 0 radical (unpaired) electrons. The molecule has 1 aromatic heterocycles. The molecule has 2 saturated heterocycles. The first-order chi connectivity index (χ1) is 12.0. The van der Waals surface area contributed by atoms with E-state index in [4.69, 9.17) is 0 Å². The van der Waals surface area contributed by atoms with Crippen LogP contribution in [0.15, 0.2) is 17.1 Å². The van der Waals surface area contributed by atoms with Crippen LogP contribution in [-0.4, -0.2) is 58.9 Å². The summed E-state index contributed by atoms with van der Waals surface area (Å²) in [4.78, 5) is 26.3. The Balaban J connectivity index is 1.64. The van der Waals surface area contributed by atoms with Crippen molar-refractivity contribution >= 4 is 23.4 Å². The number of aryl methyl sites for hydroxylation is 1. The number of alkyl halides is 1. The summed E-state index contributed by atoms with van der Waals surface area (Å²) in [6.07, 6.45) is 3.23. The number of carbonyl (C=O) groups excluding carboxylic acids is 1. The first-order valence-electron chi connectivity index (χ1n) is 8.35. The van der Waals surface area contributed by atoms with E-state index in [2.05, 4.69) is 22.6 Å². The number of hydrogen-bond acceptors (Lipinski definition) is 5. The number of carbonyl (C=O) groups is 1. The van der Waals surface area contributed by atoms with Gasteiger partial charge in [0.15, 0.2) is 5.82 Å². The minimum atomic E-state index is -1.00. The Bertz CT molecular complexity index is 699. The highest BCUT2D eigenvalue weighted by atomic mass is 32.2. The van der Waals surface area contributed by atoms with Gasteiger partial charge in [-0.25, -0.2) is 8.78 Å². The number of nitrogens with one attached hydrogen (secondary N) is 2. The summed E-state index contributed by atoms with van der Waals surface area (Å²) in [7, 11) is 2.06. The van der Waals surface area contributed by atoms with E-state index in [0.29, 0.717) is 5.25 Å². The third-order valence-electron chi connectivity index (χ3n) is 4.63. The van der Waals surface area contributed by atoms with Crippen molar-refractivity contribution in [1.29, 1.82) is 0 Å². The van der Waals surface area contributed by atoms with Gasteiger partial charge in [-0.2, -0.15) is 0 Å². The topological polar surface area (TPSA) is 66.4 Å². The average Bonchev–Trinajstić information content (AvgIpc) is 3.21. The molecule has 9 heteroatoms. The minimum Gasteiger partial charge on any atom is -0.324 e. The molecule has 138 valence electrons. The quantitative estimate of drug-likeness (QED) is 0.808. The molecule has 0 aliphatic carbocycles. The fourth-order valence-electron chi connectivity index (χ4n) is 3.33. The highest BCUT2D eigenvalue weighted by Gasteiger charge is 2.38. The van der Waals surface area contributed by atoms with Crippen LogP contribution in [0.2, 0.25) is 0 Å². The molecular weight excluding hydrogens is 350 g/mol. The molecule has 0 aromatic carbocycles. The highest BCUT2D eigenvalue weighted by Crippen LogP contribution is 2.37. The summed E-state index contributed by atoms with van der Waals surface area (Å²) in [5, 5.41) is 6.22. The van der Waals surface area contributed by atoms with Gasteiger partial charge in [-0.05, 0) is 19.9 Å². The lowest BCUT2D eigenvalue weighted by molar-refractivity contribution is -0.115. The molecule has 6 nitrogen and oxygen atoms in total. The maximum Gasteiger partial charge on any atom is 0.286 e. The molecule has 0 bridgehead atoms. The second kappa shape index (κ2) is 7.84. The molecule has 0 spiro atoms. The molecule has 0 saturated carbocycles. The first kappa shape index (κ1) is 18.3. The average molecular weight is 372 g/mol. The van der Waals surface area contributed by atoms with Crippen molar-refractivity contribution in [3.8, 4) is 0 Å². The normalized spacial score (nSPS) is 26.9. The van der Waals surface area contributed by atoms with Crippen molar-refractivity contribution in [3.05, 3.63) is 28.4 Å². The van der Waals surface area contributed by atoms with Gasteiger partial charge >= 0.3 is 0 Å². The van der Waals surface area contributed by atoms with Crippen molar-refractivity contribution < 1.29 is 13.6 Å². The lowest BCUT2D eigenvalue weighted by atomic mass is 10.1. The lowest BCUT2D eigenvalue weighted by Gasteiger charge is -2.25. The summed E-state index contributed by atoms with van der Waals surface area (Å²) >= 11 is 1.62. The van der Waals surface area contributed by atoms with Crippen LogP contribution in [0.5, 0.6) is 0 Å². The summed E-state index contributed by atoms with van der Waals surface area (Å²) in [5.41, 5.74) is -0.711. The van der Waals surface area contributed by atoms with Gasteiger partial charge in [0.05, 0.1) is 23.6 Å². The van der Waals surface area contributed by atoms with Crippen LogP contribution < -0.4 is 16.2 Å². The smallest absolute Gasteiger partial charge is 0.286 e. The predicted molar refractivity (Wildman–Crippen MR) is 94.1 cm³/mol. The maximum absolute atomic E-state index is 13.7. The van der Waals surface area contributed by atoms with Crippen molar-refractivity contribution in [3.63, 3.8) is 0 Å². The zero-order valence-corrected chi connectivity index (χ0v) is 14.8. The van der Waals surface area contributed by atoms with E-state index in [1.165, 1.54) is 6.20 Å². The molecule has 2 fully saturated rings. The number of thioether (sulfide) groups is 1. The summed E-state index contributed by atoms with van der Waals surface area (Å²) in [5.74, 6) is -1.21. The fraction of sp³-hybridized carbons (Fsp3) is 0.625. The Kier molecular flexibility index (Phi) is 5.75. The van der Waals surface area contributed by atoms with Gasteiger partial charge in [-0.1, -0.05) is 0 Å². The van der Waals surface area contributed by atoms with Crippen LogP contribution in [-0.2, 0) is 11.3 Å². The number of anilines is 1. The van der Waals surface area contributed by atoms with Gasteiger partial charge in [-0.15, -0.1) is 11.8 Å². The molecule has 1 aromatic rings. The zero-order chi connectivity index (χ0) is 18.0. The van der Waals surface area contributed by atoms with E-state index in [0.717, 1.165) is 36.6 Å². The number of hydrogen-bond donors (Lipinski definition) is 2. The van der Waals surface area contributed by atoms with Crippen LogP contribution in [0.4, 0.5) is 14.5 Å². The SMILES string of the molecule is CN1CCNC1C1CCC(C(=O)Nc2cc(F)c(=O)n(CCF)c2)S1. The van der Waals surface area contributed by atoms with Gasteiger partial charge in [0.1, 0.15) is 6.67 Å². The number of pyridine rings is 1. The summed E-state index contributed by atoms with van der Waals surface area (Å²) in [6, 6.07) is 0.984. The van der Waals surface area contributed by atoms with E-state index in [1.54, 1.807) is 11.8 Å². The molecule has 3 atom stereocenters. The molecule has 25 heavy (non-hydrogen) atoms. The van der Waals surface area contributed by atoms with E-state index < -0.39 is 18.1 Å². The molecule has 3 heterocycles. The molecule has 1 amide bonds. The first-order valence-corrected chi connectivity index (χ1v) is 9.30. The molecule has 2 aliphatic heterocycles. The van der Waals surface area contributed by atoms with Crippen molar-refractivity contribution in [2.45, 2.75) is 36.1 Å². The third-order valence-corrected chi connectivity index (χ3v) is 6.25. The standard InChI is InChI=1S/C16H22F2N4O2S/c1-21-7-5-19-14(21)12-2-3-13(25-12)15(23)20-10-8-11(18)16(24)22(9-10)6-4-17/h8-9,12-14,19H,2-7H2,1H3,(H,20,23). The van der Waals surface area contributed by atoms with E-state index in [9.17, 15) is 18.4 Å². The van der Waals surface area contributed by atoms with E-state index in [-0.39, 0.29) is 29.6 Å². The maximum atomic E-state index is 13.7. The largest absolute Gasteiger partial charge is 0.324 e. The Morgan fingerprint density at radius 2 is 2.28 bits per heavy atom. The minimum absolute atomic E-state index is 0.177. The Morgan fingerprint density at radius 3 is 2.96 bits per heavy atom. The molecule has 2 aliphatic rings. The number of aromatic nitrogens is 1. The van der Waals surface area contributed by atoms with Gasteiger partial charge in [0.25, 0.3) is 5.56 Å². The third kappa shape index (κ3) is 4.04. The Labute approximate surface area is 149 Å². The second-order valence-corrected chi connectivity index (χ2v) is 7.82. The number of rotatable bonds is 5. The monoisotopic (exact) mass is 372 g/mol. The number of nitrogens with zero attached hydrogens (tertiary/aromatic N) is 2. The van der Waals surface area contributed by atoms with Gasteiger partial charge in [0.2, 0.25) is 5.91 Å². The molecule has 3 unspecified atom stereocenters. The Morgan fingerprint density at radius 1 is 1.48 bits per heavy atom. The van der Waals surface area contributed by atoms with E-state index >= 15 is 0 Å². The van der Waals surface area contributed by atoms with E-state index in [1.807, 2.05) is 0 Å². The number of halogens is 2. The van der Waals surface area contributed by atoms with Crippen LogP contribution in [0.1, 0.15) is 12.8 Å². The summed E-state index contributed by atoms with van der Waals surface area (Å²) < 4.78 is 27.1. The number of likely N-dealkylation sites (N-methyl/N-ethyl adjacent to an activating group) is 1. The van der Waals surface area contributed by atoms with Crippen molar-refractivity contribution in [1.82, 2.24) is 14.8 Å². The summed E-state index contributed by atoms with van der Waals surface area (Å²) in [6.45, 7) is 0.927.